The quantitative estimate of drug-likeness (QED) is 0.389. The molecule has 1 atom stereocenters. The molecule has 0 aliphatic carbocycles. The van der Waals surface area contributed by atoms with E-state index in [2.05, 4.69) is 4.99 Å². The second kappa shape index (κ2) is 10.4. The second-order valence-corrected chi connectivity index (χ2v) is 3.71. The fourth-order valence-corrected chi connectivity index (χ4v) is 0.879. The summed E-state index contributed by atoms with van der Waals surface area (Å²) in [4.78, 5) is 14.6. The number of amidine groups is 1. The first kappa shape index (κ1) is 21.5. The molecule has 0 aliphatic rings. The minimum absolute atomic E-state index is 0. The van der Waals surface area contributed by atoms with Gasteiger partial charge in [-0.15, -0.1) is 24.8 Å². The fourth-order valence-electron chi connectivity index (χ4n) is 0.879. The van der Waals surface area contributed by atoms with Crippen LogP contribution < -0.4 is 11.5 Å². The van der Waals surface area contributed by atoms with Gasteiger partial charge in [0.2, 0.25) is 0 Å². The Balaban J connectivity index is -0.000000980. The molecule has 0 heterocycles. The van der Waals surface area contributed by atoms with Crippen LogP contribution in [0.25, 0.3) is 0 Å². The summed E-state index contributed by atoms with van der Waals surface area (Å²) in [5.74, 6) is -0.444. The van der Waals surface area contributed by atoms with Gasteiger partial charge in [-0.3, -0.25) is 9.79 Å². The van der Waals surface area contributed by atoms with Gasteiger partial charge in [-0.25, -0.2) is 0 Å². The first-order valence-corrected chi connectivity index (χ1v) is 4.80. The van der Waals surface area contributed by atoms with E-state index in [0.717, 1.165) is 0 Å². The number of aliphatic imine (C=N–C) groups is 1. The van der Waals surface area contributed by atoms with Crippen LogP contribution in [0.2, 0.25) is 0 Å². The highest BCUT2D eigenvalue weighted by molar-refractivity contribution is 5.85. The third kappa shape index (κ3) is 11.5. The van der Waals surface area contributed by atoms with Gasteiger partial charge in [-0.05, 0) is 26.7 Å². The molecule has 0 fully saturated rings. The van der Waals surface area contributed by atoms with E-state index in [1.54, 1.807) is 6.92 Å². The zero-order valence-corrected chi connectivity index (χ0v) is 11.7. The van der Waals surface area contributed by atoms with E-state index < -0.39 is 11.5 Å². The molecule has 0 aromatic rings. The Morgan fingerprint density at radius 2 is 1.94 bits per heavy atom. The topological polar surface area (TPSA) is 102 Å². The number of carboxylic acid groups (broad SMARTS) is 1. The largest absolute Gasteiger partial charge is 0.480 e. The highest BCUT2D eigenvalue weighted by atomic mass is 35.5. The summed E-state index contributed by atoms with van der Waals surface area (Å²) in [6.45, 7) is 3.75. The van der Waals surface area contributed by atoms with Crippen LogP contribution in [-0.4, -0.2) is 29.0 Å². The van der Waals surface area contributed by atoms with Crippen LogP contribution in [0.4, 0.5) is 0 Å². The predicted molar refractivity (Wildman–Crippen MR) is 75.3 cm³/mol. The third-order valence-electron chi connectivity index (χ3n) is 1.93. The van der Waals surface area contributed by atoms with E-state index >= 15 is 0 Å². The van der Waals surface area contributed by atoms with Crippen molar-refractivity contribution < 1.29 is 9.90 Å². The Morgan fingerprint density at radius 1 is 1.41 bits per heavy atom. The predicted octanol–water partition coefficient (Wildman–Crippen LogP) is 1.35. The summed E-state index contributed by atoms with van der Waals surface area (Å²) < 4.78 is 0. The maximum Gasteiger partial charge on any atom is 0.323 e. The molecule has 0 saturated heterocycles. The molecular weight excluding hydrogens is 265 g/mol. The summed E-state index contributed by atoms with van der Waals surface area (Å²) in [7, 11) is 0. The van der Waals surface area contributed by atoms with Crippen molar-refractivity contribution in [2.75, 3.05) is 6.54 Å². The van der Waals surface area contributed by atoms with Gasteiger partial charge >= 0.3 is 5.97 Å². The van der Waals surface area contributed by atoms with Crippen LogP contribution in [0.1, 0.15) is 26.7 Å². The van der Waals surface area contributed by atoms with Crippen LogP contribution >= 0.6 is 24.8 Å². The minimum atomic E-state index is -1.16. The Kier molecular flexibility index (Phi) is 13.1. The summed E-state index contributed by atoms with van der Waals surface area (Å²) in [5, 5.41) is 8.73. The third-order valence-corrected chi connectivity index (χ3v) is 1.93. The molecule has 0 aliphatic heterocycles. The van der Waals surface area contributed by atoms with E-state index in [1.807, 2.05) is 12.2 Å². The number of halogens is 2. The number of hydrogen-bond acceptors (Lipinski definition) is 3. The standard InChI is InChI=1S/C10H19N3O2.2ClH/c1-8(11)13-7-5-3-4-6-10(2,12)9(14)15;;/h3,5H,4,6-7,12H2,1-2H3,(H2,11,13)(H,14,15);2*1H/b5-3+;;. The van der Waals surface area contributed by atoms with Gasteiger partial charge < -0.3 is 16.6 Å². The lowest BCUT2D eigenvalue weighted by Crippen LogP contribution is -2.44. The van der Waals surface area contributed by atoms with Gasteiger partial charge in [0, 0.05) is 0 Å². The molecule has 0 spiro atoms. The average molecular weight is 286 g/mol. The molecule has 0 rings (SSSR count). The lowest BCUT2D eigenvalue weighted by molar-refractivity contribution is -0.142. The lowest BCUT2D eigenvalue weighted by Gasteiger charge is -2.17. The smallest absolute Gasteiger partial charge is 0.323 e. The lowest BCUT2D eigenvalue weighted by atomic mass is 9.97. The molecule has 0 radical (unpaired) electrons. The maximum absolute atomic E-state index is 10.6. The normalized spacial score (nSPS) is 14.6. The zero-order valence-electron chi connectivity index (χ0n) is 10.0. The number of hydrogen-bond donors (Lipinski definition) is 3. The van der Waals surface area contributed by atoms with Crippen molar-refractivity contribution in [3.8, 4) is 0 Å². The van der Waals surface area contributed by atoms with Crippen molar-refractivity contribution in [3.63, 3.8) is 0 Å². The number of aliphatic carboxylic acids is 1. The fraction of sp³-hybridized carbons (Fsp3) is 0.600. The molecule has 0 amide bonds. The highest BCUT2D eigenvalue weighted by Gasteiger charge is 2.26. The number of rotatable bonds is 6. The van der Waals surface area contributed by atoms with Crippen molar-refractivity contribution in [2.45, 2.75) is 32.2 Å². The molecule has 102 valence electrons. The van der Waals surface area contributed by atoms with Crippen LogP contribution in [0, 0.1) is 0 Å². The van der Waals surface area contributed by atoms with Gasteiger partial charge in [0.25, 0.3) is 0 Å². The van der Waals surface area contributed by atoms with Crippen molar-refractivity contribution in [3.05, 3.63) is 12.2 Å². The Labute approximate surface area is 114 Å². The number of carbonyl (C=O) groups is 1. The summed E-state index contributed by atoms with van der Waals surface area (Å²) in [6, 6.07) is 0. The van der Waals surface area contributed by atoms with E-state index in [9.17, 15) is 4.79 Å². The summed E-state index contributed by atoms with van der Waals surface area (Å²) >= 11 is 0. The first-order valence-electron chi connectivity index (χ1n) is 4.80. The van der Waals surface area contributed by atoms with Gasteiger partial charge in [-0.1, -0.05) is 12.2 Å². The molecule has 7 heteroatoms. The van der Waals surface area contributed by atoms with Crippen LogP contribution in [0.5, 0.6) is 0 Å². The van der Waals surface area contributed by atoms with Crippen LogP contribution in [0.3, 0.4) is 0 Å². The van der Waals surface area contributed by atoms with Gasteiger partial charge in [0.15, 0.2) is 0 Å². The Hall–Kier alpha value is -0.780. The molecule has 0 aromatic carbocycles. The number of allylic oxidation sites excluding steroid dienone is 1. The summed E-state index contributed by atoms with van der Waals surface area (Å²) in [6.07, 6.45) is 4.73. The molecule has 1 unspecified atom stereocenters. The van der Waals surface area contributed by atoms with E-state index in [0.29, 0.717) is 25.2 Å². The molecule has 0 bridgehead atoms. The SMILES string of the molecule is CC(N)=NC/C=C/CCC(C)(N)C(=O)O.Cl.Cl. The van der Waals surface area contributed by atoms with Gasteiger partial charge in [0.1, 0.15) is 5.54 Å². The van der Waals surface area contributed by atoms with E-state index in [-0.39, 0.29) is 24.8 Å². The van der Waals surface area contributed by atoms with Crippen LogP contribution in [-0.2, 0) is 4.79 Å². The number of carboxylic acids is 1. The number of nitrogens with zero attached hydrogens (tertiary/aromatic N) is 1. The average Bonchev–Trinajstić information content (AvgIpc) is 2.10. The summed E-state index contributed by atoms with van der Waals surface area (Å²) in [5.41, 5.74) is 9.72. The molecule has 5 nitrogen and oxygen atoms in total. The molecule has 17 heavy (non-hydrogen) atoms. The molecule has 0 saturated carbocycles. The number of nitrogens with two attached hydrogens (primary N) is 2. The highest BCUT2D eigenvalue weighted by Crippen LogP contribution is 2.09. The van der Waals surface area contributed by atoms with Crippen molar-refractivity contribution in [1.82, 2.24) is 0 Å². The van der Waals surface area contributed by atoms with E-state index in [1.165, 1.54) is 6.92 Å². The van der Waals surface area contributed by atoms with Gasteiger partial charge in [-0.2, -0.15) is 0 Å². The minimum Gasteiger partial charge on any atom is -0.480 e. The van der Waals surface area contributed by atoms with Gasteiger partial charge in [0.05, 0.1) is 12.4 Å². The van der Waals surface area contributed by atoms with Crippen molar-refractivity contribution in [2.24, 2.45) is 16.5 Å². The van der Waals surface area contributed by atoms with Crippen molar-refractivity contribution in [1.29, 1.82) is 0 Å². The second-order valence-electron chi connectivity index (χ2n) is 3.71. The van der Waals surface area contributed by atoms with E-state index in [4.69, 9.17) is 16.6 Å². The molecular formula is C10H21Cl2N3O2. The Morgan fingerprint density at radius 3 is 2.35 bits per heavy atom. The van der Waals surface area contributed by atoms with Crippen molar-refractivity contribution >= 4 is 36.6 Å². The molecule has 5 N–H and O–H groups in total. The Bertz CT molecular complexity index is 275. The zero-order chi connectivity index (χ0) is 11.9. The molecule has 0 aromatic heterocycles. The maximum atomic E-state index is 10.6. The first-order chi connectivity index (χ1) is 6.86. The van der Waals surface area contributed by atoms with Crippen LogP contribution in [0.15, 0.2) is 17.1 Å². The monoisotopic (exact) mass is 285 g/mol.